The maximum absolute atomic E-state index is 12.2. The van der Waals surface area contributed by atoms with E-state index in [1.807, 2.05) is 6.07 Å². The van der Waals surface area contributed by atoms with Gasteiger partial charge in [0.25, 0.3) is 5.89 Å². The first-order valence-corrected chi connectivity index (χ1v) is 6.42. The van der Waals surface area contributed by atoms with E-state index in [0.717, 1.165) is 6.42 Å². The lowest BCUT2D eigenvalue weighted by Gasteiger charge is -2.11. The van der Waals surface area contributed by atoms with Crippen molar-refractivity contribution in [2.75, 3.05) is 13.2 Å². The zero-order valence-corrected chi connectivity index (χ0v) is 11.0. The normalized spacial score (nSPS) is 18.1. The molecule has 0 saturated carbocycles. The van der Waals surface area contributed by atoms with Crippen LogP contribution in [0, 0.1) is 6.92 Å². The van der Waals surface area contributed by atoms with Gasteiger partial charge in [0.05, 0.1) is 24.3 Å². The van der Waals surface area contributed by atoms with Crippen LogP contribution in [0.5, 0.6) is 0 Å². The van der Waals surface area contributed by atoms with Gasteiger partial charge in [-0.25, -0.2) is 4.79 Å². The second-order valence-corrected chi connectivity index (χ2v) is 4.58. The summed E-state index contributed by atoms with van der Waals surface area (Å²) in [5.41, 5.74) is 1.00. The van der Waals surface area contributed by atoms with E-state index < -0.39 is 5.97 Å². The monoisotopic (exact) mass is 274 g/mol. The van der Waals surface area contributed by atoms with Gasteiger partial charge in [0.2, 0.25) is 0 Å². The number of carbonyl (C=O) groups excluding carboxylic acids is 1. The van der Waals surface area contributed by atoms with Crippen LogP contribution in [0.3, 0.4) is 0 Å². The number of aromatic nitrogens is 2. The topological polar surface area (TPSA) is 74.5 Å². The minimum Gasteiger partial charge on any atom is -0.456 e. The first-order valence-electron chi connectivity index (χ1n) is 6.42. The second kappa shape index (κ2) is 5.42. The van der Waals surface area contributed by atoms with Gasteiger partial charge < -0.3 is 14.0 Å². The number of nitrogens with zero attached hydrogens (tertiary/aromatic N) is 2. The molecule has 3 rings (SSSR count). The van der Waals surface area contributed by atoms with E-state index >= 15 is 0 Å². The van der Waals surface area contributed by atoms with Gasteiger partial charge >= 0.3 is 5.97 Å². The molecule has 0 spiro atoms. The molecule has 0 unspecified atom stereocenters. The first kappa shape index (κ1) is 12.8. The van der Waals surface area contributed by atoms with Gasteiger partial charge in [0.1, 0.15) is 6.10 Å². The molecule has 2 heterocycles. The zero-order valence-electron chi connectivity index (χ0n) is 11.0. The van der Waals surface area contributed by atoms with Crippen LogP contribution in [-0.4, -0.2) is 35.4 Å². The molecule has 1 aromatic heterocycles. The first-order chi connectivity index (χ1) is 9.74. The summed E-state index contributed by atoms with van der Waals surface area (Å²) >= 11 is 0. The molecule has 104 valence electrons. The Morgan fingerprint density at radius 3 is 2.95 bits per heavy atom. The summed E-state index contributed by atoms with van der Waals surface area (Å²) in [5.74, 6) is 0.442. The molecule has 1 atom stereocenters. The van der Waals surface area contributed by atoms with Crippen LogP contribution in [0.4, 0.5) is 0 Å². The van der Waals surface area contributed by atoms with Crippen molar-refractivity contribution in [3.8, 4) is 11.5 Å². The molecule has 1 saturated heterocycles. The van der Waals surface area contributed by atoms with Crippen molar-refractivity contribution in [2.24, 2.45) is 0 Å². The molecule has 1 aromatic carbocycles. The fourth-order valence-electron chi connectivity index (χ4n) is 2.07. The van der Waals surface area contributed by atoms with Crippen molar-refractivity contribution < 1.29 is 18.8 Å². The fourth-order valence-corrected chi connectivity index (χ4v) is 2.07. The smallest absolute Gasteiger partial charge is 0.339 e. The average molecular weight is 274 g/mol. The molecule has 0 N–H and O–H groups in total. The van der Waals surface area contributed by atoms with E-state index in [9.17, 15) is 4.79 Å². The van der Waals surface area contributed by atoms with E-state index in [1.54, 1.807) is 25.1 Å². The lowest BCUT2D eigenvalue weighted by atomic mass is 10.1. The predicted octanol–water partition coefficient (Wildman–Crippen LogP) is 1.99. The van der Waals surface area contributed by atoms with Crippen LogP contribution in [0.2, 0.25) is 0 Å². The highest BCUT2D eigenvalue weighted by molar-refractivity contribution is 5.96. The number of hydrogen-bond acceptors (Lipinski definition) is 6. The van der Waals surface area contributed by atoms with Crippen molar-refractivity contribution in [2.45, 2.75) is 19.4 Å². The second-order valence-electron chi connectivity index (χ2n) is 4.58. The van der Waals surface area contributed by atoms with Gasteiger partial charge in [0.15, 0.2) is 5.82 Å². The maximum atomic E-state index is 12.2. The van der Waals surface area contributed by atoms with E-state index in [1.165, 1.54) is 0 Å². The third-order valence-electron chi connectivity index (χ3n) is 3.07. The number of ether oxygens (including phenoxy) is 2. The van der Waals surface area contributed by atoms with E-state index in [0.29, 0.717) is 36.1 Å². The van der Waals surface area contributed by atoms with Gasteiger partial charge in [-0.05, 0) is 19.1 Å². The number of aryl methyl sites for hydroxylation is 1. The van der Waals surface area contributed by atoms with Crippen LogP contribution in [0.25, 0.3) is 11.5 Å². The molecule has 1 aliphatic heterocycles. The summed E-state index contributed by atoms with van der Waals surface area (Å²) in [6, 6.07) is 7.03. The van der Waals surface area contributed by atoms with E-state index in [-0.39, 0.29) is 6.10 Å². The number of rotatable bonds is 3. The highest BCUT2D eigenvalue weighted by Gasteiger charge is 2.23. The number of hydrogen-bond donors (Lipinski definition) is 0. The van der Waals surface area contributed by atoms with Crippen LogP contribution in [0.15, 0.2) is 28.8 Å². The number of carbonyl (C=O) groups is 1. The quantitative estimate of drug-likeness (QED) is 0.797. The Morgan fingerprint density at radius 1 is 1.40 bits per heavy atom. The van der Waals surface area contributed by atoms with Crippen LogP contribution < -0.4 is 0 Å². The van der Waals surface area contributed by atoms with Gasteiger partial charge in [-0.3, -0.25) is 0 Å². The Hall–Kier alpha value is -2.21. The molecule has 0 aliphatic carbocycles. The molecule has 0 amide bonds. The van der Waals surface area contributed by atoms with Crippen molar-refractivity contribution in [3.63, 3.8) is 0 Å². The third kappa shape index (κ3) is 2.55. The lowest BCUT2D eigenvalue weighted by molar-refractivity contribution is 0.0271. The summed E-state index contributed by atoms with van der Waals surface area (Å²) < 4.78 is 15.7. The van der Waals surface area contributed by atoms with Crippen LogP contribution >= 0.6 is 0 Å². The summed E-state index contributed by atoms with van der Waals surface area (Å²) in [5, 5.41) is 3.74. The third-order valence-corrected chi connectivity index (χ3v) is 3.07. The van der Waals surface area contributed by atoms with Gasteiger partial charge in [-0.15, -0.1) is 0 Å². The van der Waals surface area contributed by atoms with Crippen LogP contribution in [-0.2, 0) is 9.47 Å². The molecule has 6 heteroatoms. The van der Waals surface area contributed by atoms with Gasteiger partial charge in [-0.1, -0.05) is 17.3 Å². The van der Waals surface area contributed by atoms with E-state index in [4.69, 9.17) is 14.0 Å². The van der Waals surface area contributed by atoms with Crippen molar-refractivity contribution in [3.05, 3.63) is 35.7 Å². The minimum atomic E-state index is -0.396. The highest BCUT2D eigenvalue weighted by Crippen LogP contribution is 2.23. The minimum absolute atomic E-state index is 0.181. The SMILES string of the molecule is Cc1noc(-c2ccccc2C(=O)O[C@H]2CCOC2)n1. The van der Waals surface area contributed by atoms with Gasteiger partial charge in [-0.2, -0.15) is 4.98 Å². The molecule has 20 heavy (non-hydrogen) atoms. The maximum Gasteiger partial charge on any atom is 0.339 e. The van der Waals surface area contributed by atoms with E-state index in [2.05, 4.69) is 10.1 Å². The summed E-state index contributed by atoms with van der Waals surface area (Å²) in [7, 11) is 0. The molecule has 1 fully saturated rings. The number of benzene rings is 1. The number of esters is 1. The summed E-state index contributed by atoms with van der Waals surface area (Å²) in [6.07, 6.45) is 0.549. The van der Waals surface area contributed by atoms with Gasteiger partial charge in [0, 0.05) is 6.42 Å². The lowest BCUT2D eigenvalue weighted by Crippen LogP contribution is -2.18. The molecule has 1 aliphatic rings. The fraction of sp³-hybridized carbons (Fsp3) is 0.357. The Labute approximate surface area is 115 Å². The summed E-state index contributed by atoms with van der Waals surface area (Å²) in [6.45, 7) is 2.81. The highest BCUT2D eigenvalue weighted by atomic mass is 16.6. The predicted molar refractivity (Wildman–Crippen MR) is 69.1 cm³/mol. The molecule has 0 radical (unpaired) electrons. The summed E-state index contributed by atoms with van der Waals surface area (Å²) in [4.78, 5) is 16.4. The standard InChI is InChI=1S/C14H14N2O4/c1-9-15-13(20-16-9)11-4-2-3-5-12(11)14(17)19-10-6-7-18-8-10/h2-5,10H,6-8H2,1H3/t10-/m0/s1. The largest absolute Gasteiger partial charge is 0.456 e. The Morgan fingerprint density at radius 2 is 2.25 bits per heavy atom. The zero-order chi connectivity index (χ0) is 13.9. The molecular weight excluding hydrogens is 260 g/mol. The molecule has 2 aromatic rings. The molecular formula is C14H14N2O4. The molecule has 6 nitrogen and oxygen atoms in total. The average Bonchev–Trinajstić information content (AvgIpc) is 3.10. The van der Waals surface area contributed by atoms with Crippen molar-refractivity contribution >= 4 is 5.97 Å². The van der Waals surface area contributed by atoms with Crippen LogP contribution in [0.1, 0.15) is 22.6 Å². The Kier molecular flexibility index (Phi) is 3.47. The van der Waals surface area contributed by atoms with Crippen molar-refractivity contribution in [1.82, 2.24) is 10.1 Å². The Balaban J connectivity index is 1.87. The molecule has 0 bridgehead atoms. The van der Waals surface area contributed by atoms with Crippen molar-refractivity contribution in [1.29, 1.82) is 0 Å². The Bertz CT molecular complexity index is 617.